The molecule has 1 aliphatic rings. The predicted octanol–water partition coefficient (Wildman–Crippen LogP) is 7.27. The smallest absolute Gasteiger partial charge is 0.174 e. The van der Waals surface area contributed by atoms with Crippen molar-refractivity contribution in [2.75, 3.05) is 4.90 Å². The second-order valence-corrected chi connectivity index (χ2v) is 9.96. The van der Waals surface area contributed by atoms with Gasteiger partial charge in [-0.2, -0.15) is 0 Å². The van der Waals surface area contributed by atoms with E-state index in [1.807, 2.05) is 54.6 Å². The van der Waals surface area contributed by atoms with Gasteiger partial charge in [0, 0.05) is 21.8 Å². The van der Waals surface area contributed by atoms with Gasteiger partial charge < -0.3 is 14.6 Å². The molecule has 0 spiro atoms. The van der Waals surface area contributed by atoms with Crippen LogP contribution in [0.25, 0.3) is 0 Å². The van der Waals surface area contributed by atoms with Crippen molar-refractivity contribution in [3.05, 3.63) is 107 Å². The number of hydrogen-bond donors (Lipinski definition) is 1. The summed E-state index contributed by atoms with van der Waals surface area (Å²) < 4.78 is 6.37. The number of benzene rings is 2. The van der Waals surface area contributed by atoms with E-state index in [0.717, 1.165) is 27.1 Å². The Kier molecular flexibility index (Phi) is 6.15. The van der Waals surface area contributed by atoms with Crippen molar-refractivity contribution in [2.24, 2.45) is 0 Å². The Morgan fingerprint density at radius 3 is 2.45 bits per heavy atom. The largest absolute Gasteiger partial charge is 0.452 e. The quantitative estimate of drug-likeness (QED) is 0.296. The third-order valence-corrected chi connectivity index (χ3v) is 7.00. The standard InChI is InChI=1S/C26H22ClN3OS2/c1-16-13-17(2)15-19(14-16)30-25(24(29-26(30)32)21-5-3-4-12-28-21)22-10-11-23(31-22)33-20-8-6-18(27)7-9-20/h3-15,24-25H,1-2H3,(H,29,32)/t24-,25-/m0/s1. The summed E-state index contributed by atoms with van der Waals surface area (Å²) in [7, 11) is 0. The van der Waals surface area contributed by atoms with Crippen LogP contribution in [0.1, 0.15) is 34.7 Å². The van der Waals surface area contributed by atoms with Crippen LogP contribution in [0.2, 0.25) is 5.02 Å². The van der Waals surface area contributed by atoms with Crippen molar-refractivity contribution in [1.82, 2.24) is 10.3 Å². The Morgan fingerprint density at radius 1 is 1.00 bits per heavy atom. The topological polar surface area (TPSA) is 41.3 Å². The Labute approximate surface area is 208 Å². The van der Waals surface area contributed by atoms with E-state index in [2.05, 4.69) is 47.2 Å². The highest BCUT2D eigenvalue weighted by Crippen LogP contribution is 2.43. The van der Waals surface area contributed by atoms with Crippen LogP contribution in [0.15, 0.2) is 93.4 Å². The summed E-state index contributed by atoms with van der Waals surface area (Å²) in [6.45, 7) is 4.20. The zero-order valence-electron chi connectivity index (χ0n) is 18.2. The van der Waals surface area contributed by atoms with Crippen molar-refractivity contribution in [1.29, 1.82) is 0 Å². The maximum absolute atomic E-state index is 6.37. The normalized spacial score (nSPS) is 17.9. The lowest BCUT2D eigenvalue weighted by atomic mass is 10.0. The molecule has 1 fully saturated rings. The molecule has 5 rings (SSSR count). The minimum atomic E-state index is -0.173. The number of thiocarbonyl (C=S) groups is 1. The van der Waals surface area contributed by atoms with E-state index in [9.17, 15) is 0 Å². The molecule has 0 unspecified atom stereocenters. The van der Waals surface area contributed by atoms with Gasteiger partial charge in [-0.15, -0.1) is 0 Å². The number of pyridine rings is 1. The second kappa shape index (κ2) is 9.21. The van der Waals surface area contributed by atoms with E-state index in [1.165, 1.54) is 11.1 Å². The number of anilines is 1. The van der Waals surface area contributed by atoms with Crippen LogP contribution in [0.3, 0.4) is 0 Å². The zero-order chi connectivity index (χ0) is 22.9. The fourth-order valence-corrected chi connectivity index (χ4v) is 5.43. The van der Waals surface area contributed by atoms with Crippen LogP contribution in [0, 0.1) is 13.8 Å². The maximum atomic E-state index is 6.37. The summed E-state index contributed by atoms with van der Waals surface area (Å²) in [5.74, 6) is 0.827. The molecule has 1 saturated heterocycles. The number of furan rings is 1. The lowest BCUT2D eigenvalue weighted by molar-refractivity contribution is 0.383. The molecule has 3 heterocycles. The van der Waals surface area contributed by atoms with E-state index in [-0.39, 0.29) is 12.1 Å². The summed E-state index contributed by atoms with van der Waals surface area (Å²) in [6.07, 6.45) is 1.81. The van der Waals surface area contributed by atoms with Crippen molar-refractivity contribution in [3.8, 4) is 0 Å². The molecule has 33 heavy (non-hydrogen) atoms. The van der Waals surface area contributed by atoms with Gasteiger partial charge in [-0.1, -0.05) is 35.5 Å². The first-order valence-corrected chi connectivity index (χ1v) is 12.2. The molecule has 2 aromatic heterocycles. The van der Waals surface area contributed by atoms with Crippen molar-refractivity contribution in [2.45, 2.75) is 35.9 Å². The molecule has 0 saturated carbocycles. The summed E-state index contributed by atoms with van der Waals surface area (Å²) in [6, 6.07) is 23.9. The first-order chi connectivity index (χ1) is 16.0. The zero-order valence-corrected chi connectivity index (χ0v) is 20.5. The highest BCUT2D eigenvalue weighted by Gasteiger charge is 2.42. The predicted molar refractivity (Wildman–Crippen MR) is 138 cm³/mol. The Balaban J connectivity index is 1.54. The van der Waals surface area contributed by atoms with E-state index in [1.54, 1.807) is 18.0 Å². The molecule has 0 bridgehead atoms. The summed E-state index contributed by atoms with van der Waals surface area (Å²) in [5, 5.41) is 5.67. The van der Waals surface area contributed by atoms with Gasteiger partial charge in [0.05, 0.1) is 11.7 Å². The minimum absolute atomic E-state index is 0.140. The van der Waals surface area contributed by atoms with Gasteiger partial charge in [0.25, 0.3) is 0 Å². The Morgan fingerprint density at radius 2 is 1.76 bits per heavy atom. The molecule has 0 radical (unpaired) electrons. The highest BCUT2D eigenvalue weighted by atomic mass is 35.5. The third-order valence-electron chi connectivity index (χ3n) is 5.51. The molecular formula is C26H22ClN3OS2. The van der Waals surface area contributed by atoms with Gasteiger partial charge in [-0.25, -0.2) is 0 Å². The van der Waals surface area contributed by atoms with Crippen LogP contribution in [-0.4, -0.2) is 10.1 Å². The number of rotatable bonds is 5. The third kappa shape index (κ3) is 4.64. The Bertz CT molecular complexity index is 1270. The number of aromatic nitrogens is 1. The fourth-order valence-electron chi connectivity index (χ4n) is 4.18. The Hall–Kier alpha value is -2.80. The van der Waals surface area contributed by atoms with Crippen LogP contribution < -0.4 is 10.2 Å². The van der Waals surface area contributed by atoms with E-state index >= 15 is 0 Å². The first-order valence-electron chi connectivity index (χ1n) is 10.6. The lowest BCUT2D eigenvalue weighted by Crippen LogP contribution is -2.29. The molecule has 2 aromatic carbocycles. The SMILES string of the molecule is Cc1cc(C)cc(N2C(=S)N[C@@H](c3ccccn3)[C@@H]2c2ccc(Sc3ccc(Cl)cc3)o2)c1. The molecule has 4 aromatic rings. The van der Waals surface area contributed by atoms with E-state index in [0.29, 0.717) is 10.1 Å². The molecule has 1 aliphatic heterocycles. The first kappa shape index (κ1) is 22.0. The molecule has 7 heteroatoms. The van der Waals surface area contributed by atoms with Gasteiger partial charge >= 0.3 is 0 Å². The van der Waals surface area contributed by atoms with Crippen LogP contribution >= 0.6 is 35.6 Å². The average Bonchev–Trinajstić information content (AvgIpc) is 3.39. The number of halogens is 1. The number of nitrogens with one attached hydrogen (secondary N) is 1. The summed E-state index contributed by atoms with van der Waals surface area (Å²) in [4.78, 5) is 7.81. The number of nitrogens with zero attached hydrogens (tertiary/aromatic N) is 2. The second-order valence-electron chi connectivity index (χ2n) is 8.06. The molecule has 0 aliphatic carbocycles. The van der Waals surface area contributed by atoms with E-state index < -0.39 is 0 Å². The molecule has 1 N–H and O–H groups in total. The van der Waals surface area contributed by atoms with Crippen molar-refractivity contribution in [3.63, 3.8) is 0 Å². The van der Waals surface area contributed by atoms with Crippen LogP contribution in [-0.2, 0) is 0 Å². The highest BCUT2D eigenvalue weighted by molar-refractivity contribution is 7.99. The summed E-state index contributed by atoms with van der Waals surface area (Å²) >= 11 is 13.4. The van der Waals surface area contributed by atoms with Crippen LogP contribution in [0.4, 0.5) is 5.69 Å². The van der Waals surface area contributed by atoms with Crippen LogP contribution in [0.5, 0.6) is 0 Å². The van der Waals surface area contributed by atoms with Gasteiger partial charge in [-0.3, -0.25) is 4.98 Å². The average molecular weight is 492 g/mol. The lowest BCUT2D eigenvalue weighted by Gasteiger charge is -2.26. The molecule has 4 nitrogen and oxygen atoms in total. The van der Waals surface area contributed by atoms with Gasteiger partial charge in [0.15, 0.2) is 10.2 Å². The monoisotopic (exact) mass is 491 g/mol. The van der Waals surface area contributed by atoms with E-state index in [4.69, 9.17) is 28.2 Å². The fraction of sp³-hybridized carbons (Fsp3) is 0.154. The van der Waals surface area contributed by atoms with Gasteiger partial charge in [-0.05, 0) is 97.9 Å². The number of hydrogen-bond acceptors (Lipinski definition) is 4. The maximum Gasteiger partial charge on any atom is 0.174 e. The number of aryl methyl sites for hydroxylation is 2. The molecule has 2 atom stereocenters. The van der Waals surface area contributed by atoms with Crippen molar-refractivity contribution >= 4 is 46.4 Å². The molecule has 0 amide bonds. The van der Waals surface area contributed by atoms with Gasteiger partial charge in [0.1, 0.15) is 11.8 Å². The molecule has 166 valence electrons. The van der Waals surface area contributed by atoms with Gasteiger partial charge in [0.2, 0.25) is 0 Å². The summed E-state index contributed by atoms with van der Waals surface area (Å²) in [5.41, 5.74) is 4.33. The molecular weight excluding hydrogens is 470 g/mol. The van der Waals surface area contributed by atoms with Crippen molar-refractivity contribution < 1.29 is 4.42 Å². The minimum Gasteiger partial charge on any atom is -0.452 e.